The second-order valence-corrected chi connectivity index (χ2v) is 5.96. The van der Waals surface area contributed by atoms with Gasteiger partial charge in [-0.3, -0.25) is 4.79 Å². The molecular formula is C18H16F4N2O. The van der Waals surface area contributed by atoms with E-state index in [1.165, 1.54) is 17.0 Å². The lowest BCUT2D eigenvalue weighted by molar-refractivity contribution is 0.0703. The van der Waals surface area contributed by atoms with Gasteiger partial charge in [-0.15, -0.1) is 0 Å². The zero-order valence-electron chi connectivity index (χ0n) is 13.2. The number of amides is 1. The number of hydrogen-bond donors (Lipinski definition) is 1. The van der Waals surface area contributed by atoms with Crippen LogP contribution < -0.4 is 5.32 Å². The van der Waals surface area contributed by atoms with Crippen molar-refractivity contribution in [3.8, 4) is 0 Å². The van der Waals surface area contributed by atoms with Crippen LogP contribution in [0.5, 0.6) is 0 Å². The van der Waals surface area contributed by atoms with E-state index in [2.05, 4.69) is 5.32 Å². The van der Waals surface area contributed by atoms with Gasteiger partial charge in [-0.1, -0.05) is 6.07 Å². The van der Waals surface area contributed by atoms with E-state index >= 15 is 0 Å². The first kappa shape index (κ1) is 17.3. The molecule has 1 aliphatic rings. The topological polar surface area (TPSA) is 32.3 Å². The molecule has 2 aromatic rings. The number of benzene rings is 2. The molecule has 1 N–H and O–H groups in total. The highest BCUT2D eigenvalue weighted by Gasteiger charge is 2.29. The third kappa shape index (κ3) is 3.75. The molecule has 1 fully saturated rings. The number of rotatable bonds is 3. The lowest BCUT2D eigenvalue weighted by atomic mass is 10.0. The maximum Gasteiger partial charge on any atom is 0.260 e. The molecular weight excluding hydrogens is 336 g/mol. The molecule has 0 aromatic heterocycles. The molecule has 0 saturated carbocycles. The predicted octanol–water partition coefficient (Wildman–Crippen LogP) is 3.96. The molecule has 0 bridgehead atoms. The summed E-state index contributed by atoms with van der Waals surface area (Å²) in [5.41, 5.74) is -0.325. The summed E-state index contributed by atoms with van der Waals surface area (Å²) in [5.74, 6) is -5.12. The molecule has 25 heavy (non-hydrogen) atoms. The van der Waals surface area contributed by atoms with E-state index < -0.39 is 34.7 Å². The molecule has 1 amide bonds. The maximum absolute atomic E-state index is 13.8. The van der Waals surface area contributed by atoms with E-state index in [-0.39, 0.29) is 12.6 Å². The lowest BCUT2D eigenvalue weighted by Gasteiger charge is -2.34. The summed E-state index contributed by atoms with van der Waals surface area (Å²) >= 11 is 0. The van der Waals surface area contributed by atoms with Crippen molar-refractivity contribution >= 4 is 11.6 Å². The van der Waals surface area contributed by atoms with E-state index in [0.717, 1.165) is 6.07 Å². The number of nitrogens with zero attached hydrogens (tertiary/aromatic N) is 1. The Morgan fingerprint density at radius 1 is 1.08 bits per heavy atom. The van der Waals surface area contributed by atoms with Gasteiger partial charge in [0.05, 0.1) is 0 Å². The highest BCUT2D eigenvalue weighted by atomic mass is 19.2. The Labute approximate surface area is 142 Å². The fraction of sp³-hybridized carbons (Fsp3) is 0.278. The Morgan fingerprint density at radius 2 is 1.84 bits per heavy atom. The van der Waals surface area contributed by atoms with E-state index in [9.17, 15) is 22.4 Å². The highest BCUT2D eigenvalue weighted by Crippen LogP contribution is 2.22. The van der Waals surface area contributed by atoms with Crippen LogP contribution in [0.1, 0.15) is 23.2 Å². The second-order valence-electron chi connectivity index (χ2n) is 5.96. The van der Waals surface area contributed by atoms with Crippen molar-refractivity contribution < 1.29 is 22.4 Å². The summed E-state index contributed by atoms with van der Waals surface area (Å²) in [5, 5.41) is 3.10. The molecule has 0 spiro atoms. The number of piperidine rings is 1. The molecule has 2 aromatic carbocycles. The molecule has 1 atom stereocenters. The van der Waals surface area contributed by atoms with Gasteiger partial charge in [-0.05, 0) is 43.2 Å². The molecule has 1 aliphatic heterocycles. The molecule has 7 heteroatoms. The third-order valence-electron chi connectivity index (χ3n) is 4.16. The average molecular weight is 352 g/mol. The van der Waals surface area contributed by atoms with Crippen LogP contribution in [-0.4, -0.2) is 29.9 Å². The summed E-state index contributed by atoms with van der Waals surface area (Å²) in [6.45, 7) is 0.500. The number of nitrogens with one attached hydrogen (secondary N) is 1. The quantitative estimate of drug-likeness (QED) is 0.670. The zero-order valence-corrected chi connectivity index (χ0v) is 13.2. The van der Waals surface area contributed by atoms with E-state index in [4.69, 9.17) is 0 Å². The van der Waals surface area contributed by atoms with Gasteiger partial charge in [0, 0.05) is 24.8 Å². The van der Waals surface area contributed by atoms with Gasteiger partial charge >= 0.3 is 0 Å². The van der Waals surface area contributed by atoms with Gasteiger partial charge in [-0.2, -0.15) is 0 Å². The van der Waals surface area contributed by atoms with Gasteiger partial charge in [0.1, 0.15) is 17.2 Å². The summed E-state index contributed by atoms with van der Waals surface area (Å²) in [4.78, 5) is 13.7. The average Bonchev–Trinajstić information content (AvgIpc) is 2.59. The van der Waals surface area contributed by atoms with Crippen LogP contribution in [0.3, 0.4) is 0 Å². The molecule has 1 saturated heterocycles. The first-order chi connectivity index (χ1) is 12.0. The molecule has 0 radical (unpaired) electrons. The van der Waals surface area contributed by atoms with E-state index in [1.807, 2.05) is 0 Å². The summed E-state index contributed by atoms with van der Waals surface area (Å²) in [6, 6.07) is 7.07. The summed E-state index contributed by atoms with van der Waals surface area (Å²) < 4.78 is 54.2. The molecule has 0 aliphatic carbocycles. The fourth-order valence-corrected chi connectivity index (χ4v) is 2.97. The largest absolute Gasteiger partial charge is 0.380 e. The molecule has 132 valence electrons. The Hall–Kier alpha value is -2.57. The summed E-state index contributed by atoms with van der Waals surface area (Å²) in [7, 11) is 0. The molecule has 1 heterocycles. The number of hydrogen-bond acceptors (Lipinski definition) is 2. The van der Waals surface area contributed by atoms with Crippen LogP contribution in [0.2, 0.25) is 0 Å². The highest BCUT2D eigenvalue weighted by molar-refractivity contribution is 5.95. The monoisotopic (exact) mass is 352 g/mol. The molecule has 0 unspecified atom stereocenters. The minimum atomic E-state index is -1.48. The van der Waals surface area contributed by atoms with Crippen LogP contribution in [-0.2, 0) is 0 Å². The van der Waals surface area contributed by atoms with Gasteiger partial charge < -0.3 is 10.2 Å². The van der Waals surface area contributed by atoms with Crippen molar-refractivity contribution in [3.63, 3.8) is 0 Å². The van der Waals surface area contributed by atoms with Crippen LogP contribution in [0, 0.1) is 23.3 Å². The first-order valence-electron chi connectivity index (χ1n) is 7.90. The minimum absolute atomic E-state index is 0.185. The lowest BCUT2D eigenvalue weighted by Crippen LogP contribution is -2.45. The second kappa shape index (κ2) is 7.13. The summed E-state index contributed by atoms with van der Waals surface area (Å²) in [6.07, 6.45) is 1.33. The fourth-order valence-electron chi connectivity index (χ4n) is 2.97. The number of likely N-dealkylation sites (tertiary alicyclic amines) is 1. The Balaban J connectivity index is 1.75. The smallest absolute Gasteiger partial charge is 0.260 e. The van der Waals surface area contributed by atoms with Crippen LogP contribution in [0.15, 0.2) is 36.4 Å². The minimum Gasteiger partial charge on any atom is -0.380 e. The Kier molecular flexibility index (Phi) is 4.92. The van der Waals surface area contributed by atoms with Crippen molar-refractivity contribution in [1.29, 1.82) is 0 Å². The van der Waals surface area contributed by atoms with Crippen molar-refractivity contribution in [2.24, 2.45) is 0 Å². The Bertz CT molecular complexity index is 797. The van der Waals surface area contributed by atoms with Crippen molar-refractivity contribution in [1.82, 2.24) is 4.90 Å². The predicted molar refractivity (Wildman–Crippen MR) is 85.3 cm³/mol. The maximum atomic E-state index is 13.8. The van der Waals surface area contributed by atoms with E-state index in [0.29, 0.717) is 31.1 Å². The van der Waals surface area contributed by atoms with Gasteiger partial charge in [0.2, 0.25) is 0 Å². The van der Waals surface area contributed by atoms with Crippen molar-refractivity contribution in [2.45, 2.75) is 18.9 Å². The molecule has 3 nitrogen and oxygen atoms in total. The Morgan fingerprint density at radius 3 is 2.60 bits per heavy atom. The molecule has 3 rings (SSSR count). The standard InChI is InChI=1S/C18H16F4N2O/c19-11-3-1-4-12(9-11)23-13-5-2-8-24(10-13)18(25)16-14(20)6-7-15(21)17(16)22/h1,3-4,6-7,9,13,23H,2,5,8,10H2/t13-/m0/s1. The van der Waals surface area contributed by atoms with Crippen molar-refractivity contribution in [3.05, 3.63) is 65.2 Å². The third-order valence-corrected chi connectivity index (χ3v) is 4.16. The van der Waals surface area contributed by atoms with E-state index in [1.54, 1.807) is 12.1 Å². The number of carbonyl (C=O) groups excluding carboxylic acids is 1. The number of anilines is 1. The zero-order chi connectivity index (χ0) is 18.0. The van der Waals surface area contributed by atoms with Gasteiger partial charge in [0.15, 0.2) is 11.6 Å². The van der Waals surface area contributed by atoms with Crippen LogP contribution in [0.4, 0.5) is 23.2 Å². The van der Waals surface area contributed by atoms with Crippen molar-refractivity contribution in [2.75, 3.05) is 18.4 Å². The SMILES string of the molecule is O=C(c1c(F)ccc(F)c1F)N1CCC[C@H](Nc2cccc(F)c2)C1. The normalized spacial score (nSPS) is 17.4. The first-order valence-corrected chi connectivity index (χ1v) is 7.90. The number of halogens is 4. The number of carbonyl (C=O) groups is 1. The van der Waals surface area contributed by atoms with Crippen LogP contribution >= 0.6 is 0 Å². The van der Waals surface area contributed by atoms with Gasteiger partial charge in [-0.25, -0.2) is 17.6 Å². The van der Waals surface area contributed by atoms with Crippen LogP contribution in [0.25, 0.3) is 0 Å². The van der Waals surface area contributed by atoms with Gasteiger partial charge in [0.25, 0.3) is 5.91 Å².